The Balaban J connectivity index is 1.93. The second-order valence-electron chi connectivity index (χ2n) is 4.75. The van der Waals surface area contributed by atoms with E-state index in [1.807, 2.05) is 5.32 Å². The lowest BCUT2D eigenvalue weighted by Gasteiger charge is -2.32. The van der Waals surface area contributed by atoms with Gasteiger partial charge in [-0.05, 0) is 48.6 Å². The Kier molecular flexibility index (Phi) is 1.74. The van der Waals surface area contributed by atoms with Crippen LogP contribution < -0.4 is 19.5 Å². The summed E-state index contributed by atoms with van der Waals surface area (Å²) in [6.45, 7) is -12.4. The number of hydrogen-bond acceptors (Lipinski definition) is 4. The van der Waals surface area contributed by atoms with Crippen LogP contribution in [-0.2, 0) is 0 Å². The van der Waals surface area contributed by atoms with Crippen LogP contribution in [0.3, 0.4) is 0 Å². The van der Waals surface area contributed by atoms with E-state index < -0.39 is 85.8 Å². The van der Waals surface area contributed by atoms with Gasteiger partial charge in [-0.1, -0.05) is 12.1 Å². The van der Waals surface area contributed by atoms with Crippen molar-refractivity contribution in [2.24, 2.45) is 5.89 Å². The highest BCUT2D eigenvalue weighted by molar-refractivity contribution is 5.46. The normalized spacial score (nSPS) is 43.9. The molecule has 1 N–H and O–H groups in total. The van der Waals surface area contributed by atoms with E-state index in [-0.39, 0.29) is 11.5 Å². The summed E-state index contributed by atoms with van der Waals surface area (Å²) in [5.41, 5.74) is -1.09. The lowest BCUT2D eigenvalue weighted by atomic mass is 9.81. The van der Waals surface area contributed by atoms with Crippen molar-refractivity contribution in [2.45, 2.75) is 12.3 Å². The summed E-state index contributed by atoms with van der Waals surface area (Å²) in [5.74, 6) is -9.15. The first-order valence-corrected chi connectivity index (χ1v) is 6.86. The van der Waals surface area contributed by atoms with Gasteiger partial charge in [0.1, 0.15) is 14.3 Å². The van der Waals surface area contributed by atoms with Crippen LogP contribution in [0, 0.1) is 11.7 Å². The minimum absolute atomic E-state index is 0.0730. The fourth-order valence-corrected chi connectivity index (χ4v) is 2.09. The number of ether oxygens (including phenoxy) is 3. The molecule has 2 heterocycles. The molecule has 24 heavy (non-hydrogen) atoms. The summed E-state index contributed by atoms with van der Waals surface area (Å²) in [6, 6.07) is -1.73. The molecule has 126 valence electrons. The summed E-state index contributed by atoms with van der Waals surface area (Å²) in [5, 5.41) is 1.83. The van der Waals surface area contributed by atoms with Crippen LogP contribution in [0.25, 0.3) is 0 Å². The fourth-order valence-electron chi connectivity index (χ4n) is 2.09. The van der Waals surface area contributed by atoms with Crippen molar-refractivity contribution in [1.29, 1.82) is 0 Å². The van der Waals surface area contributed by atoms with Gasteiger partial charge in [0.05, 0.1) is 14.8 Å². The van der Waals surface area contributed by atoms with E-state index in [0.717, 1.165) is 18.2 Å². The maximum absolute atomic E-state index is 14.3. The minimum Gasteiger partial charge on any atom is -0.493 e. The van der Waals surface area contributed by atoms with Crippen molar-refractivity contribution in [3.8, 4) is 17.2 Å². The van der Waals surface area contributed by atoms with Crippen molar-refractivity contribution in [3.05, 3.63) is 53.7 Å². The van der Waals surface area contributed by atoms with Crippen molar-refractivity contribution < 1.29 is 37.8 Å². The zero-order valence-corrected chi connectivity index (χ0v) is 12.0. The minimum atomic E-state index is -3.59. The Morgan fingerprint density at radius 2 is 2.17 bits per heavy atom. The van der Waals surface area contributed by atoms with Gasteiger partial charge in [-0.15, -0.1) is 0 Å². The maximum Gasteiger partial charge on any atom is 0.231 e. The molecule has 5 heteroatoms. The Hall–Kier alpha value is -2.27. The highest BCUT2D eigenvalue weighted by atomic mass is 19.1. The molecule has 0 saturated carbocycles. The van der Waals surface area contributed by atoms with E-state index in [9.17, 15) is 4.39 Å². The lowest BCUT2D eigenvalue weighted by Crippen LogP contribution is -2.38. The predicted molar refractivity (Wildman–Crippen MR) is 88.2 cm³/mol. The summed E-state index contributed by atoms with van der Waals surface area (Å²) >= 11 is 0. The molecular weight excluding hydrogens is 309 g/mol. The second kappa shape index (κ2) is 6.69. The highest BCUT2D eigenvalue weighted by Gasteiger charge is 2.27. The smallest absolute Gasteiger partial charge is 0.231 e. The zero-order valence-electron chi connectivity index (χ0n) is 26.0. The van der Waals surface area contributed by atoms with Crippen molar-refractivity contribution in [2.75, 3.05) is 26.3 Å². The summed E-state index contributed by atoms with van der Waals surface area (Å²) < 4.78 is 145. The van der Waals surface area contributed by atoms with Gasteiger partial charge in [-0.25, -0.2) is 4.39 Å². The standard InChI is InChI=1S/C19H20FNO3/c20-15-3-1-13(2-4-15)17-7-8-21-10-14(17)11-22-16-5-6-18-19(9-16)24-12-23-18/h1-6,9,14,17,21H,7-8,10-12H2/t14?,17-/m0/s1/i1D,2D,3D,4D,8D2,10D2,11D2,12D2,14D,17D. The van der Waals surface area contributed by atoms with Crippen LogP contribution in [0.1, 0.15) is 37.1 Å². The number of hydrogen-bond donors (Lipinski definition) is 1. The second-order valence-corrected chi connectivity index (χ2v) is 4.75. The topological polar surface area (TPSA) is 39.7 Å². The molecule has 1 saturated heterocycles. The first-order valence-electron chi connectivity index (χ1n) is 13.9. The number of fused-ring (bicyclic) bond motifs is 1. The zero-order chi connectivity index (χ0) is 28.9. The molecule has 0 aromatic heterocycles. The first-order chi connectivity index (χ1) is 17.1. The van der Waals surface area contributed by atoms with E-state index >= 15 is 0 Å². The van der Waals surface area contributed by atoms with Crippen LogP contribution in [0.5, 0.6) is 17.2 Å². The molecule has 2 aliphatic rings. The molecule has 0 spiro atoms. The molecule has 0 radical (unpaired) electrons. The van der Waals surface area contributed by atoms with Crippen molar-refractivity contribution in [1.82, 2.24) is 5.32 Å². The predicted octanol–water partition coefficient (Wildman–Crippen LogP) is 3.33. The number of piperidine rings is 1. The molecule has 0 amide bonds. The largest absolute Gasteiger partial charge is 0.493 e. The summed E-state index contributed by atoms with van der Waals surface area (Å²) in [4.78, 5) is 0. The van der Waals surface area contributed by atoms with Crippen LogP contribution in [0.4, 0.5) is 4.39 Å². The third kappa shape index (κ3) is 3.17. The molecule has 0 aliphatic carbocycles. The quantitative estimate of drug-likeness (QED) is 0.924. The number of nitrogens with one attached hydrogen (secondary N) is 1. The van der Waals surface area contributed by atoms with Gasteiger partial charge in [0.2, 0.25) is 6.75 Å². The van der Waals surface area contributed by atoms with E-state index in [4.69, 9.17) is 33.4 Å². The van der Waals surface area contributed by atoms with Gasteiger partial charge < -0.3 is 19.5 Å². The highest BCUT2D eigenvalue weighted by Crippen LogP contribution is 2.36. The Bertz CT molecular complexity index is 1300. The van der Waals surface area contributed by atoms with E-state index in [0.29, 0.717) is 0 Å². The maximum atomic E-state index is 14.3. The molecule has 2 atom stereocenters. The van der Waals surface area contributed by atoms with Crippen molar-refractivity contribution in [3.63, 3.8) is 0 Å². The summed E-state index contributed by atoms with van der Waals surface area (Å²) in [6.07, 6.45) is -1.25. The van der Waals surface area contributed by atoms with Crippen LogP contribution in [0.15, 0.2) is 42.4 Å². The lowest BCUT2D eigenvalue weighted by molar-refractivity contribution is 0.173. The summed E-state index contributed by atoms with van der Waals surface area (Å²) in [7, 11) is 0. The van der Waals surface area contributed by atoms with Crippen LogP contribution in [-0.4, -0.2) is 26.3 Å². The number of benzene rings is 2. The van der Waals surface area contributed by atoms with Gasteiger partial charge in [0.25, 0.3) is 0 Å². The average Bonchev–Trinajstić information content (AvgIpc) is 3.06. The molecule has 2 aromatic rings. The molecule has 2 aromatic carbocycles. The molecule has 4 nitrogen and oxygen atoms in total. The Morgan fingerprint density at radius 1 is 1.33 bits per heavy atom. The third-order valence-electron chi connectivity index (χ3n) is 3.23. The van der Waals surface area contributed by atoms with Gasteiger partial charge in [0.15, 0.2) is 11.5 Å². The Labute approximate surface area is 160 Å². The number of rotatable bonds is 4. The van der Waals surface area contributed by atoms with Crippen LogP contribution >= 0.6 is 0 Å². The van der Waals surface area contributed by atoms with Gasteiger partial charge in [-0.3, -0.25) is 0 Å². The van der Waals surface area contributed by atoms with Gasteiger partial charge >= 0.3 is 0 Å². The molecule has 2 aliphatic heterocycles. The van der Waals surface area contributed by atoms with Gasteiger partial charge in [-0.2, -0.15) is 0 Å². The van der Waals surface area contributed by atoms with Gasteiger partial charge in [0, 0.05) is 26.7 Å². The molecule has 0 bridgehead atoms. The van der Waals surface area contributed by atoms with Crippen molar-refractivity contribution >= 4 is 0 Å². The van der Waals surface area contributed by atoms with E-state index in [2.05, 4.69) is 0 Å². The SMILES string of the molecule is [2H]c1c([2H])c([C@]2([2H])CC([2H])([2H])NC([2H])([2H])C2([2H])C([2H])([2H])Oc2ccc3c(c2)OC([2H])([2H])O3)c([2H])c([2H])c1F. The molecular formula is C19H20FNO3. The van der Waals surface area contributed by atoms with E-state index in [1.165, 1.54) is 0 Å². The molecule has 1 unspecified atom stereocenters. The number of halogens is 1. The fraction of sp³-hybridized carbons (Fsp3) is 0.368. The first kappa shape index (κ1) is 6.23. The monoisotopic (exact) mass is 343 g/mol. The average molecular weight is 343 g/mol. The Morgan fingerprint density at radius 3 is 3.04 bits per heavy atom. The van der Waals surface area contributed by atoms with Crippen LogP contribution in [0.2, 0.25) is 0 Å². The molecule has 1 fully saturated rings. The third-order valence-corrected chi connectivity index (χ3v) is 3.23. The molecule has 4 rings (SSSR count). The van der Waals surface area contributed by atoms with E-state index in [1.54, 1.807) is 0 Å².